The number of hydrogen-bond acceptors (Lipinski definition) is 5. The molecule has 3 aliphatic rings. The van der Waals surface area contributed by atoms with Gasteiger partial charge in [0.2, 0.25) is 0 Å². The number of amides is 1. The summed E-state index contributed by atoms with van der Waals surface area (Å²) in [6.07, 6.45) is 7.32. The van der Waals surface area contributed by atoms with Crippen molar-refractivity contribution >= 4 is 23.5 Å². The number of guanidine groups is 1. The first-order valence-corrected chi connectivity index (χ1v) is 9.94. The maximum Gasteiger partial charge on any atom is 0.262 e. The number of carbonyl (C=O) groups excluding carboxylic acids is 1. The molecule has 2 aliphatic heterocycles. The highest BCUT2D eigenvalue weighted by Gasteiger charge is 2.60. The van der Waals surface area contributed by atoms with Crippen molar-refractivity contribution in [3.05, 3.63) is 47.2 Å². The first-order valence-electron chi connectivity index (χ1n) is 9.56. The zero-order valence-electron chi connectivity index (χ0n) is 15.6. The first-order chi connectivity index (χ1) is 13.5. The lowest BCUT2D eigenvalue weighted by Gasteiger charge is -2.46. The summed E-state index contributed by atoms with van der Waals surface area (Å²) in [6, 6.07) is 7.74. The lowest BCUT2D eigenvalue weighted by atomic mass is 9.67. The number of aliphatic imine (C=N–C) groups is 1. The molecule has 144 valence electrons. The third-order valence-corrected chi connectivity index (χ3v) is 6.42. The van der Waals surface area contributed by atoms with Gasteiger partial charge in [-0.05, 0) is 43.0 Å². The number of rotatable bonds is 1. The highest BCUT2D eigenvalue weighted by molar-refractivity contribution is 6.30. The van der Waals surface area contributed by atoms with E-state index in [1.54, 1.807) is 19.4 Å². The normalized spacial score (nSPS) is 28.6. The zero-order chi connectivity index (χ0) is 19.5. The number of nitrogens with zero attached hydrogens (tertiary/aromatic N) is 3. The van der Waals surface area contributed by atoms with Gasteiger partial charge >= 0.3 is 0 Å². The van der Waals surface area contributed by atoms with Crippen LogP contribution >= 0.6 is 11.6 Å². The van der Waals surface area contributed by atoms with Crippen molar-refractivity contribution in [2.75, 3.05) is 7.05 Å². The van der Waals surface area contributed by atoms with E-state index in [4.69, 9.17) is 27.1 Å². The molecule has 1 saturated carbocycles. The molecule has 1 amide bonds. The van der Waals surface area contributed by atoms with E-state index in [9.17, 15) is 4.79 Å². The summed E-state index contributed by atoms with van der Waals surface area (Å²) in [7, 11) is 1.69. The fourth-order valence-electron chi connectivity index (χ4n) is 4.84. The molecule has 1 aromatic carbocycles. The van der Waals surface area contributed by atoms with Gasteiger partial charge in [-0.15, -0.1) is 0 Å². The van der Waals surface area contributed by atoms with Gasteiger partial charge in [0.25, 0.3) is 5.91 Å². The van der Waals surface area contributed by atoms with E-state index >= 15 is 0 Å². The van der Waals surface area contributed by atoms with Crippen LogP contribution in [0.3, 0.4) is 0 Å². The summed E-state index contributed by atoms with van der Waals surface area (Å²) < 4.78 is 6.33. The summed E-state index contributed by atoms with van der Waals surface area (Å²) in [4.78, 5) is 23.9. The molecule has 2 unspecified atom stereocenters. The Kier molecular flexibility index (Phi) is 3.88. The molecule has 1 aromatic heterocycles. The number of likely N-dealkylation sites (N-methyl/N-ethyl adjacent to an activating group) is 1. The van der Waals surface area contributed by atoms with Crippen molar-refractivity contribution < 1.29 is 9.53 Å². The second kappa shape index (κ2) is 6.21. The Morgan fingerprint density at radius 3 is 2.79 bits per heavy atom. The zero-order valence-corrected chi connectivity index (χ0v) is 16.3. The molecule has 7 heteroatoms. The predicted molar refractivity (Wildman–Crippen MR) is 107 cm³/mol. The minimum absolute atomic E-state index is 0.0162. The van der Waals surface area contributed by atoms with Gasteiger partial charge in [0.15, 0.2) is 11.5 Å². The molecule has 0 radical (unpaired) electrons. The number of pyridine rings is 1. The van der Waals surface area contributed by atoms with Crippen molar-refractivity contribution in [3.63, 3.8) is 0 Å². The lowest BCUT2D eigenvalue weighted by Crippen LogP contribution is -2.53. The number of fused-ring (bicyclic) bond motifs is 4. The highest BCUT2D eigenvalue weighted by Crippen LogP contribution is 2.53. The van der Waals surface area contributed by atoms with Gasteiger partial charge in [-0.25, -0.2) is 4.99 Å². The Balaban J connectivity index is 1.73. The Morgan fingerprint density at radius 1 is 1.21 bits per heavy atom. The van der Waals surface area contributed by atoms with Crippen molar-refractivity contribution in [2.45, 2.75) is 37.3 Å². The molecule has 1 aliphatic carbocycles. The Hall–Kier alpha value is -2.60. The monoisotopic (exact) mass is 396 g/mol. The average Bonchev–Trinajstić information content (AvgIpc) is 2.93. The predicted octanol–water partition coefficient (Wildman–Crippen LogP) is 3.34. The quantitative estimate of drug-likeness (QED) is 0.801. The van der Waals surface area contributed by atoms with Gasteiger partial charge in [0.1, 0.15) is 11.9 Å². The Labute approximate surface area is 168 Å². The van der Waals surface area contributed by atoms with Gasteiger partial charge in [-0.1, -0.05) is 24.1 Å². The number of halogens is 1. The van der Waals surface area contributed by atoms with E-state index in [0.29, 0.717) is 10.8 Å². The highest BCUT2D eigenvalue weighted by atomic mass is 35.5. The Bertz CT molecular complexity index is 1010. The fourth-order valence-corrected chi connectivity index (χ4v) is 5.01. The molecule has 1 spiro atoms. The largest absolute Gasteiger partial charge is 0.490 e. The average molecular weight is 397 g/mol. The minimum atomic E-state index is -1.01. The van der Waals surface area contributed by atoms with E-state index in [1.807, 2.05) is 24.3 Å². The molecule has 1 fully saturated rings. The van der Waals surface area contributed by atoms with Crippen LogP contribution in [0.2, 0.25) is 5.02 Å². The van der Waals surface area contributed by atoms with Crippen molar-refractivity contribution in [3.8, 4) is 16.9 Å². The maximum absolute atomic E-state index is 13.5. The van der Waals surface area contributed by atoms with Crippen molar-refractivity contribution in [2.24, 2.45) is 16.6 Å². The van der Waals surface area contributed by atoms with Crippen LogP contribution in [0.5, 0.6) is 5.75 Å². The van der Waals surface area contributed by atoms with Crippen molar-refractivity contribution in [1.29, 1.82) is 0 Å². The van der Waals surface area contributed by atoms with Gasteiger partial charge in [-0.3, -0.25) is 14.7 Å². The summed E-state index contributed by atoms with van der Waals surface area (Å²) >= 11 is 6.12. The van der Waals surface area contributed by atoms with E-state index in [1.165, 1.54) is 4.90 Å². The lowest BCUT2D eigenvalue weighted by molar-refractivity contribution is -0.136. The van der Waals surface area contributed by atoms with Gasteiger partial charge in [-0.2, -0.15) is 0 Å². The van der Waals surface area contributed by atoms with Crippen LogP contribution in [-0.4, -0.2) is 34.9 Å². The van der Waals surface area contributed by atoms with Crippen LogP contribution in [0.1, 0.15) is 31.2 Å². The van der Waals surface area contributed by atoms with E-state index in [0.717, 1.165) is 42.4 Å². The third kappa shape index (κ3) is 2.37. The van der Waals surface area contributed by atoms with Gasteiger partial charge in [0, 0.05) is 36.5 Å². The summed E-state index contributed by atoms with van der Waals surface area (Å²) in [5.41, 5.74) is 7.68. The molecule has 28 heavy (non-hydrogen) atoms. The van der Waals surface area contributed by atoms with Crippen LogP contribution in [0.15, 0.2) is 41.7 Å². The molecule has 0 saturated heterocycles. The third-order valence-electron chi connectivity index (χ3n) is 6.21. The number of carbonyl (C=O) groups is 1. The van der Waals surface area contributed by atoms with E-state index < -0.39 is 5.54 Å². The van der Waals surface area contributed by atoms with Gasteiger partial charge in [0.05, 0.1) is 5.02 Å². The number of hydrogen-bond donors (Lipinski definition) is 1. The summed E-state index contributed by atoms with van der Waals surface area (Å²) in [5, 5.41) is 0.562. The van der Waals surface area contributed by atoms with Crippen LogP contribution in [0, 0.1) is 5.92 Å². The van der Waals surface area contributed by atoms with Crippen LogP contribution in [0.4, 0.5) is 0 Å². The number of benzene rings is 1. The fraction of sp³-hybridized carbons (Fsp3) is 0.381. The van der Waals surface area contributed by atoms with Crippen LogP contribution < -0.4 is 10.5 Å². The molecular weight excluding hydrogens is 376 g/mol. The molecule has 3 heterocycles. The second-order valence-electron chi connectivity index (χ2n) is 7.75. The van der Waals surface area contributed by atoms with Crippen molar-refractivity contribution in [1.82, 2.24) is 9.88 Å². The molecule has 5 rings (SSSR count). The van der Waals surface area contributed by atoms with E-state index in [2.05, 4.69) is 4.98 Å². The molecule has 2 N–H and O–H groups in total. The van der Waals surface area contributed by atoms with E-state index in [-0.39, 0.29) is 23.9 Å². The number of nitrogens with two attached hydrogens (primary N) is 1. The summed E-state index contributed by atoms with van der Waals surface area (Å²) in [5.74, 6) is 0.879. The molecular formula is C21H21ClN4O2. The maximum atomic E-state index is 13.5. The SMILES string of the molecule is CN1C(=O)C2(N=C1N)c1cc(-c3cncc(Cl)c3)ccc1OC1CCCC[C@@H]12. The molecule has 2 aromatic rings. The topological polar surface area (TPSA) is 80.8 Å². The smallest absolute Gasteiger partial charge is 0.262 e. The molecule has 6 nitrogen and oxygen atoms in total. The second-order valence-corrected chi connectivity index (χ2v) is 8.19. The first kappa shape index (κ1) is 17.5. The standard InChI is InChI=1S/C21H21ClN4O2/c1-26-19(27)21(25-20(26)23)15-4-2-3-5-17(15)28-18-7-6-12(9-16(18)21)13-8-14(22)11-24-10-13/h6-11,15,17H,2-5H2,1H3,(H2,23,25)/t15-,17?,21?/m0/s1. The van der Waals surface area contributed by atoms with Gasteiger partial charge < -0.3 is 10.5 Å². The van der Waals surface area contributed by atoms with Crippen LogP contribution in [0.25, 0.3) is 11.1 Å². The molecule has 3 atom stereocenters. The summed E-state index contributed by atoms with van der Waals surface area (Å²) in [6.45, 7) is 0. The number of ether oxygens (including phenoxy) is 1. The molecule has 0 bridgehead atoms. The minimum Gasteiger partial charge on any atom is -0.490 e. The number of aromatic nitrogens is 1. The van der Waals surface area contributed by atoms with Crippen LogP contribution in [-0.2, 0) is 10.3 Å². The Morgan fingerprint density at radius 2 is 2.04 bits per heavy atom.